The van der Waals surface area contributed by atoms with Gasteiger partial charge in [0.2, 0.25) is 0 Å². The van der Waals surface area contributed by atoms with Crippen molar-refractivity contribution in [3.8, 4) is 0 Å². The molecule has 0 radical (unpaired) electrons. The van der Waals surface area contributed by atoms with Crippen LogP contribution in [0, 0.1) is 11.8 Å². The predicted octanol–water partition coefficient (Wildman–Crippen LogP) is 3.20. The molecular weight excluding hydrogens is 158 g/mol. The lowest BCUT2D eigenvalue weighted by atomic mass is 9.74. The number of nitrogens with one attached hydrogen (secondary N) is 1. The molecule has 0 aromatic carbocycles. The third kappa shape index (κ3) is 3.68. The second-order valence-electron chi connectivity index (χ2n) is 4.44. The van der Waals surface area contributed by atoms with Crippen LogP contribution in [-0.2, 0) is 0 Å². The van der Waals surface area contributed by atoms with Gasteiger partial charge in [-0.25, -0.2) is 0 Å². The Morgan fingerprint density at radius 2 is 2.00 bits per heavy atom. The topological polar surface area (TPSA) is 12.0 Å². The lowest BCUT2D eigenvalue weighted by Gasteiger charge is -2.34. The zero-order valence-electron chi connectivity index (χ0n) is 9.31. The Bertz CT molecular complexity index is 118. The average Bonchev–Trinajstić information content (AvgIpc) is 2.02. The van der Waals surface area contributed by atoms with Gasteiger partial charge in [-0.3, -0.25) is 0 Å². The predicted molar refractivity (Wildman–Crippen MR) is 58.9 cm³/mol. The Labute approximate surface area is 83.3 Å². The van der Waals surface area contributed by atoms with E-state index in [-0.39, 0.29) is 0 Å². The Hall–Kier alpha value is -0.0400. The van der Waals surface area contributed by atoms with Crippen LogP contribution in [0.5, 0.6) is 0 Å². The molecule has 0 aromatic rings. The molecule has 0 aromatic heterocycles. The Balaban J connectivity index is 2.12. The van der Waals surface area contributed by atoms with E-state index in [2.05, 4.69) is 19.2 Å². The molecule has 0 amide bonds. The first kappa shape index (κ1) is 11.0. The molecule has 1 saturated carbocycles. The van der Waals surface area contributed by atoms with E-state index in [4.69, 9.17) is 0 Å². The van der Waals surface area contributed by atoms with Crippen molar-refractivity contribution in [2.75, 3.05) is 13.1 Å². The standard InChI is InChI=1S/C12H25N/c1-3-6-12(10-13-9-4-2)11-7-5-8-11/h11-13H,3-10H2,1-2H3. The van der Waals surface area contributed by atoms with E-state index < -0.39 is 0 Å². The van der Waals surface area contributed by atoms with Crippen LogP contribution in [0.4, 0.5) is 0 Å². The van der Waals surface area contributed by atoms with E-state index in [1.807, 2.05) is 0 Å². The molecule has 1 unspecified atom stereocenters. The van der Waals surface area contributed by atoms with Crippen molar-refractivity contribution in [3.63, 3.8) is 0 Å². The summed E-state index contributed by atoms with van der Waals surface area (Å²) >= 11 is 0. The van der Waals surface area contributed by atoms with E-state index in [1.165, 1.54) is 51.6 Å². The molecule has 78 valence electrons. The molecule has 1 aliphatic carbocycles. The largest absolute Gasteiger partial charge is 0.316 e. The van der Waals surface area contributed by atoms with Gasteiger partial charge in [0.05, 0.1) is 0 Å². The molecule has 1 atom stereocenters. The van der Waals surface area contributed by atoms with E-state index in [9.17, 15) is 0 Å². The van der Waals surface area contributed by atoms with Crippen LogP contribution in [0.15, 0.2) is 0 Å². The van der Waals surface area contributed by atoms with Gasteiger partial charge >= 0.3 is 0 Å². The summed E-state index contributed by atoms with van der Waals surface area (Å²) in [5.74, 6) is 2.04. The summed E-state index contributed by atoms with van der Waals surface area (Å²) in [6.45, 7) is 7.02. The van der Waals surface area contributed by atoms with Crippen molar-refractivity contribution in [2.24, 2.45) is 11.8 Å². The van der Waals surface area contributed by atoms with Crippen LogP contribution < -0.4 is 5.32 Å². The monoisotopic (exact) mass is 183 g/mol. The van der Waals surface area contributed by atoms with E-state index in [0.717, 1.165) is 11.8 Å². The molecule has 1 fully saturated rings. The first-order valence-corrected chi connectivity index (χ1v) is 6.09. The van der Waals surface area contributed by atoms with Gasteiger partial charge in [0.1, 0.15) is 0 Å². The van der Waals surface area contributed by atoms with Gasteiger partial charge in [-0.05, 0) is 37.8 Å². The Kier molecular flexibility index (Phi) is 5.45. The highest BCUT2D eigenvalue weighted by atomic mass is 14.9. The fourth-order valence-corrected chi connectivity index (χ4v) is 2.25. The number of hydrogen-bond donors (Lipinski definition) is 1. The highest BCUT2D eigenvalue weighted by molar-refractivity contribution is 4.78. The molecule has 1 N–H and O–H groups in total. The van der Waals surface area contributed by atoms with Gasteiger partial charge in [-0.2, -0.15) is 0 Å². The molecule has 0 heterocycles. The van der Waals surface area contributed by atoms with Crippen LogP contribution in [0.2, 0.25) is 0 Å². The molecule has 0 spiro atoms. The SMILES string of the molecule is CCCNCC(CCC)C1CCC1. The maximum atomic E-state index is 3.57. The Morgan fingerprint density at radius 3 is 2.46 bits per heavy atom. The quantitative estimate of drug-likeness (QED) is 0.598. The molecule has 1 nitrogen and oxygen atoms in total. The normalized spacial score (nSPS) is 19.8. The van der Waals surface area contributed by atoms with Crippen molar-refractivity contribution in [1.29, 1.82) is 0 Å². The average molecular weight is 183 g/mol. The van der Waals surface area contributed by atoms with Crippen molar-refractivity contribution < 1.29 is 0 Å². The van der Waals surface area contributed by atoms with Crippen molar-refractivity contribution in [1.82, 2.24) is 5.32 Å². The van der Waals surface area contributed by atoms with Gasteiger partial charge in [0.25, 0.3) is 0 Å². The summed E-state index contributed by atoms with van der Waals surface area (Å²) in [4.78, 5) is 0. The zero-order valence-corrected chi connectivity index (χ0v) is 9.31. The molecule has 1 aliphatic rings. The van der Waals surface area contributed by atoms with Gasteiger partial charge in [-0.1, -0.05) is 39.5 Å². The van der Waals surface area contributed by atoms with E-state index in [1.54, 1.807) is 0 Å². The lowest BCUT2D eigenvalue weighted by Crippen LogP contribution is -2.32. The summed E-state index contributed by atoms with van der Waals surface area (Å²) in [6, 6.07) is 0. The minimum absolute atomic E-state index is 0.977. The molecule has 1 rings (SSSR count). The minimum atomic E-state index is 0.977. The Morgan fingerprint density at radius 1 is 1.23 bits per heavy atom. The minimum Gasteiger partial charge on any atom is -0.316 e. The maximum absolute atomic E-state index is 3.57. The smallest absolute Gasteiger partial charge is 0.00179 e. The van der Waals surface area contributed by atoms with Gasteiger partial charge in [-0.15, -0.1) is 0 Å². The number of rotatable bonds is 7. The molecule has 0 aliphatic heterocycles. The summed E-state index contributed by atoms with van der Waals surface area (Å²) in [7, 11) is 0. The molecule has 13 heavy (non-hydrogen) atoms. The first-order valence-electron chi connectivity index (χ1n) is 6.09. The zero-order chi connectivity index (χ0) is 9.52. The van der Waals surface area contributed by atoms with Crippen LogP contribution in [-0.4, -0.2) is 13.1 Å². The fourth-order valence-electron chi connectivity index (χ4n) is 2.25. The van der Waals surface area contributed by atoms with Crippen molar-refractivity contribution in [2.45, 2.75) is 52.4 Å². The highest BCUT2D eigenvalue weighted by Gasteiger charge is 2.25. The van der Waals surface area contributed by atoms with Crippen molar-refractivity contribution >= 4 is 0 Å². The van der Waals surface area contributed by atoms with Gasteiger partial charge in [0.15, 0.2) is 0 Å². The summed E-state index contributed by atoms with van der Waals surface area (Å²) < 4.78 is 0. The first-order chi connectivity index (χ1) is 6.38. The third-order valence-electron chi connectivity index (χ3n) is 3.31. The second-order valence-corrected chi connectivity index (χ2v) is 4.44. The van der Waals surface area contributed by atoms with E-state index >= 15 is 0 Å². The molecular formula is C12H25N. The van der Waals surface area contributed by atoms with Crippen LogP contribution in [0.25, 0.3) is 0 Å². The van der Waals surface area contributed by atoms with Crippen LogP contribution in [0.3, 0.4) is 0 Å². The molecule has 0 saturated heterocycles. The van der Waals surface area contributed by atoms with Crippen molar-refractivity contribution in [3.05, 3.63) is 0 Å². The molecule has 1 heteroatoms. The maximum Gasteiger partial charge on any atom is -0.00179 e. The highest BCUT2D eigenvalue weighted by Crippen LogP contribution is 2.35. The summed E-state index contributed by atoms with van der Waals surface area (Å²) in [5, 5.41) is 3.57. The van der Waals surface area contributed by atoms with Gasteiger partial charge < -0.3 is 5.32 Å². The fraction of sp³-hybridized carbons (Fsp3) is 1.00. The molecule has 0 bridgehead atoms. The third-order valence-corrected chi connectivity index (χ3v) is 3.31. The summed E-state index contributed by atoms with van der Waals surface area (Å²) in [6.07, 6.45) is 8.54. The number of hydrogen-bond acceptors (Lipinski definition) is 1. The second kappa shape index (κ2) is 6.42. The van der Waals surface area contributed by atoms with Crippen LogP contribution in [0.1, 0.15) is 52.4 Å². The van der Waals surface area contributed by atoms with Gasteiger partial charge in [0, 0.05) is 0 Å². The van der Waals surface area contributed by atoms with E-state index in [0.29, 0.717) is 0 Å². The van der Waals surface area contributed by atoms with Crippen LogP contribution >= 0.6 is 0 Å². The lowest BCUT2D eigenvalue weighted by molar-refractivity contribution is 0.190. The summed E-state index contributed by atoms with van der Waals surface area (Å²) in [5.41, 5.74) is 0.